The Bertz CT molecular complexity index is 505. The number of aromatic nitrogens is 2. The van der Waals surface area contributed by atoms with E-state index in [1.54, 1.807) is 0 Å². The summed E-state index contributed by atoms with van der Waals surface area (Å²) >= 11 is 0. The van der Waals surface area contributed by atoms with Gasteiger partial charge in [0.2, 0.25) is 5.91 Å². The minimum atomic E-state index is -1.17. The van der Waals surface area contributed by atoms with Crippen molar-refractivity contribution in [1.29, 1.82) is 0 Å². The molecule has 0 aliphatic carbocycles. The molecule has 1 rings (SSSR count). The van der Waals surface area contributed by atoms with Crippen LogP contribution in [-0.2, 0) is 9.53 Å². The molecule has 1 aromatic rings. The van der Waals surface area contributed by atoms with Crippen molar-refractivity contribution < 1.29 is 19.4 Å². The molecule has 0 saturated carbocycles. The largest absolute Gasteiger partial charge is 0.476 e. The standard InChI is InChI=1S/C13H20N4O4/c1-8(2)12-16-6-9(11(17-12)13(19)20)15-7-10(18)14-4-5-21-3/h6,8,15H,4-5,7H2,1-3H3,(H,14,18)(H,19,20). The SMILES string of the molecule is COCCNC(=O)CNc1cnc(C(C)C)nc1C(=O)O. The molecule has 1 amide bonds. The molecule has 3 N–H and O–H groups in total. The summed E-state index contributed by atoms with van der Waals surface area (Å²) in [6, 6.07) is 0. The molecule has 0 aliphatic rings. The number of carbonyl (C=O) groups is 2. The highest BCUT2D eigenvalue weighted by atomic mass is 16.5. The van der Waals surface area contributed by atoms with Crippen molar-refractivity contribution in [2.45, 2.75) is 19.8 Å². The van der Waals surface area contributed by atoms with Crippen molar-refractivity contribution in [3.8, 4) is 0 Å². The Balaban J connectivity index is 2.70. The van der Waals surface area contributed by atoms with Crippen LogP contribution in [0.1, 0.15) is 36.1 Å². The van der Waals surface area contributed by atoms with Crippen LogP contribution in [0.4, 0.5) is 5.69 Å². The number of anilines is 1. The zero-order valence-corrected chi connectivity index (χ0v) is 12.3. The van der Waals surface area contributed by atoms with Gasteiger partial charge in [-0.1, -0.05) is 13.8 Å². The van der Waals surface area contributed by atoms with Gasteiger partial charge in [-0.05, 0) is 0 Å². The molecule has 0 spiro atoms. The first-order chi connectivity index (χ1) is 9.95. The summed E-state index contributed by atoms with van der Waals surface area (Å²) in [6.45, 7) is 4.49. The first-order valence-electron chi connectivity index (χ1n) is 6.55. The first-order valence-corrected chi connectivity index (χ1v) is 6.55. The van der Waals surface area contributed by atoms with E-state index in [2.05, 4.69) is 20.6 Å². The molecule has 0 unspecified atom stereocenters. The molecule has 0 aromatic carbocycles. The maximum Gasteiger partial charge on any atom is 0.356 e. The van der Waals surface area contributed by atoms with E-state index in [1.807, 2.05) is 13.8 Å². The molecular weight excluding hydrogens is 276 g/mol. The zero-order valence-electron chi connectivity index (χ0n) is 12.3. The molecule has 21 heavy (non-hydrogen) atoms. The summed E-state index contributed by atoms with van der Waals surface area (Å²) in [5.74, 6) is -0.963. The molecule has 0 radical (unpaired) electrons. The lowest BCUT2D eigenvalue weighted by atomic mass is 10.2. The average molecular weight is 296 g/mol. The van der Waals surface area contributed by atoms with Gasteiger partial charge in [-0.2, -0.15) is 0 Å². The number of amides is 1. The number of methoxy groups -OCH3 is 1. The Morgan fingerprint density at radius 1 is 1.43 bits per heavy atom. The lowest BCUT2D eigenvalue weighted by Gasteiger charge is -2.11. The van der Waals surface area contributed by atoms with Crippen molar-refractivity contribution in [1.82, 2.24) is 15.3 Å². The van der Waals surface area contributed by atoms with Gasteiger partial charge in [0.05, 0.1) is 25.0 Å². The lowest BCUT2D eigenvalue weighted by molar-refractivity contribution is -0.119. The molecule has 1 aromatic heterocycles. The number of carboxylic acid groups (broad SMARTS) is 1. The molecule has 0 bridgehead atoms. The van der Waals surface area contributed by atoms with E-state index in [4.69, 9.17) is 9.84 Å². The normalized spacial score (nSPS) is 10.5. The monoisotopic (exact) mass is 296 g/mol. The summed E-state index contributed by atoms with van der Waals surface area (Å²) in [4.78, 5) is 30.8. The zero-order chi connectivity index (χ0) is 15.8. The molecule has 8 nitrogen and oxygen atoms in total. The van der Waals surface area contributed by atoms with Crippen LogP contribution in [0.2, 0.25) is 0 Å². The Labute approximate surface area is 122 Å². The third-order valence-corrected chi connectivity index (χ3v) is 2.59. The number of nitrogens with one attached hydrogen (secondary N) is 2. The van der Waals surface area contributed by atoms with Gasteiger partial charge in [-0.3, -0.25) is 4.79 Å². The van der Waals surface area contributed by atoms with E-state index in [-0.39, 0.29) is 29.8 Å². The Morgan fingerprint density at radius 2 is 2.14 bits per heavy atom. The Kier molecular flexibility index (Phi) is 6.54. The topological polar surface area (TPSA) is 113 Å². The number of hydrogen-bond donors (Lipinski definition) is 3. The van der Waals surface area contributed by atoms with E-state index in [1.165, 1.54) is 13.3 Å². The van der Waals surface area contributed by atoms with Crippen LogP contribution >= 0.6 is 0 Å². The van der Waals surface area contributed by atoms with E-state index in [0.717, 1.165) is 0 Å². The number of carboxylic acids is 1. The highest BCUT2D eigenvalue weighted by molar-refractivity contribution is 5.92. The highest BCUT2D eigenvalue weighted by Crippen LogP contribution is 2.16. The number of aromatic carboxylic acids is 1. The number of nitrogens with zero attached hydrogens (tertiary/aromatic N) is 2. The number of carbonyl (C=O) groups excluding carboxylic acids is 1. The average Bonchev–Trinajstić information content (AvgIpc) is 2.45. The van der Waals surface area contributed by atoms with Gasteiger partial charge in [0.15, 0.2) is 5.69 Å². The van der Waals surface area contributed by atoms with Crippen LogP contribution in [0.5, 0.6) is 0 Å². The van der Waals surface area contributed by atoms with Crippen LogP contribution < -0.4 is 10.6 Å². The van der Waals surface area contributed by atoms with Gasteiger partial charge >= 0.3 is 5.97 Å². The summed E-state index contributed by atoms with van der Waals surface area (Å²) < 4.78 is 4.81. The summed E-state index contributed by atoms with van der Waals surface area (Å²) in [5, 5.41) is 14.5. The van der Waals surface area contributed by atoms with Gasteiger partial charge in [0, 0.05) is 19.6 Å². The van der Waals surface area contributed by atoms with Crippen molar-refractivity contribution in [3.05, 3.63) is 17.7 Å². The van der Waals surface area contributed by atoms with Crippen LogP contribution in [0.15, 0.2) is 6.20 Å². The quantitative estimate of drug-likeness (QED) is 0.598. The van der Waals surface area contributed by atoms with Crippen molar-refractivity contribution in [2.75, 3.05) is 32.1 Å². The molecule has 116 valence electrons. The fourth-order valence-electron chi connectivity index (χ4n) is 1.50. The predicted octanol–water partition coefficient (Wildman–Crippen LogP) is 0.473. The van der Waals surface area contributed by atoms with Gasteiger partial charge in [-0.15, -0.1) is 0 Å². The first kappa shape index (κ1) is 16.8. The summed E-state index contributed by atoms with van der Waals surface area (Å²) in [6.07, 6.45) is 1.38. The third-order valence-electron chi connectivity index (χ3n) is 2.59. The van der Waals surface area contributed by atoms with E-state index in [9.17, 15) is 9.59 Å². The second-order valence-electron chi connectivity index (χ2n) is 4.65. The molecule has 0 aliphatic heterocycles. The fourth-order valence-corrected chi connectivity index (χ4v) is 1.50. The Morgan fingerprint density at radius 3 is 2.71 bits per heavy atom. The number of hydrogen-bond acceptors (Lipinski definition) is 6. The predicted molar refractivity (Wildman–Crippen MR) is 76.5 cm³/mol. The minimum Gasteiger partial charge on any atom is -0.476 e. The smallest absolute Gasteiger partial charge is 0.356 e. The van der Waals surface area contributed by atoms with E-state index >= 15 is 0 Å². The molecule has 0 saturated heterocycles. The second-order valence-corrected chi connectivity index (χ2v) is 4.65. The second kappa shape index (κ2) is 8.15. The summed E-state index contributed by atoms with van der Waals surface area (Å²) in [5.41, 5.74) is 0.0761. The summed E-state index contributed by atoms with van der Waals surface area (Å²) in [7, 11) is 1.54. The Hall–Kier alpha value is -2.22. The molecular formula is C13H20N4O4. The molecule has 1 heterocycles. The number of rotatable bonds is 8. The van der Waals surface area contributed by atoms with Crippen molar-refractivity contribution in [2.24, 2.45) is 0 Å². The lowest BCUT2D eigenvalue weighted by Crippen LogP contribution is -2.32. The number of ether oxygens (including phenoxy) is 1. The minimum absolute atomic E-state index is 0.0227. The fraction of sp³-hybridized carbons (Fsp3) is 0.538. The maximum atomic E-state index is 11.5. The van der Waals surface area contributed by atoms with Crippen molar-refractivity contribution in [3.63, 3.8) is 0 Å². The third kappa shape index (κ3) is 5.35. The van der Waals surface area contributed by atoms with E-state index in [0.29, 0.717) is 19.0 Å². The molecule has 0 atom stereocenters. The van der Waals surface area contributed by atoms with Crippen molar-refractivity contribution >= 4 is 17.6 Å². The highest BCUT2D eigenvalue weighted by Gasteiger charge is 2.16. The molecule has 0 fully saturated rings. The van der Waals surface area contributed by atoms with Crippen LogP contribution in [-0.4, -0.2) is 53.8 Å². The maximum absolute atomic E-state index is 11.5. The van der Waals surface area contributed by atoms with Crippen LogP contribution in [0.25, 0.3) is 0 Å². The van der Waals surface area contributed by atoms with Gasteiger partial charge < -0.3 is 20.5 Å². The van der Waals surface area contributed by atoms with Crippen LogP contribution in [0.3, 0.4) is 0 Å². The van der Waals surface area contributed by atoms with Gasteiger partial charge in [0.25, 0.3) is 0 Å². The van der Waals surface area contributed by atoms with E-state index < -0.39 is 5.97 Å². The van der Waals surface area contributed by atoms with Gasteiger partial charge in [0.1, 0.15) is 5.82 Å². The van der Waals surface area contributed by atoms with Gasteiger partial charge in [-0.25, -0.2) is 14.8 Å². The molecule has 8 heteroatoms. The van der Waals surface area contributed by atoms with Crippen LogP contribution in [0, 0.1) is 0 Å².